The van der Waals surface area contributed by atoms with Crippen molar-refractivity contribution in [3.63, 3.8) is 0 Å². The summed E-state index contributed by atoms with van der Waals surface area (Å²) in [6, 6.07) is -0.444. The fourth-order valence-electron chi connectivity index (χ4n) is 1.59. The first kappa shape index (κ1) is 17.1. The maximum absolute atomic E-state index is 10.3. The minimum Gasteiger partial charge on any atom is -0.480 e. The SMILES string of the molecule is CSCC[C@H](N)C(=O)O.C[C@@H]1CCCN1C(=O)O. The normalized spacial score (nSPS) is 19.9. The van der Waals surface area contributed by atoms with E-state index in [0.717, 1.165) is 25.1 Å². The van der Waals surface area contributed by atoms with Gasteiger partial charge in [-0.15, -0.1) is 0 Å². The van der Waals surface area contributed by atoms with E-state index >= 15 is 0 Å². The van der Waals surface area contributed by atoms with Crippen LogP contribution in [-0.2, 0) is 4.79 Å². The number of thioether (sulfide) groups is 1. The first-order valence-corrected chi connectivity index (χ1v) is 7.26. The number of carboxylic acids is 1. The van der Waals surface area contributed by atoms with Crippen molar-refractivity contribution in [2.24, 2.45) is 5.73 Å². The zero-order valence-corrected chi connectivity index (χ0v) is 11.7. The Kier molecular flexibility index (Phi) is 8.57. The zero-order chi connectivity index (χ0) is 14.1. The highest BCUT2D eigenvalue weighted by molar-refractivity contribution is 7.98. The van der Waals surface area contributed by atoms with Gasteiger partial charge >= 0.3 is 12.1 Å². The van der Waals surface area contributed by atoms with Crippen molar-refractivity contribution in [1.29, 1.82) is 0 Å². The largest absolute Gasteiger partial charge is 0.480 e. The summed E-state index contributed by atoms with van der Waals surface area (Å²) in [6.45, 7) is 2.66. The Balaban J connectivity index is 0.000000321. The summed E-state index contributed by atoms with van der Waals surface area (Å²) in [6.07, 6.45) is 3.74. The average molecular weight is 278 g/mol. The third kappa shape index (κ3) is 6.70. The number of hydrogen-bond donors (Lipinski definition) is 3. The summed E-state index contributed by atoms with van der Waals surface area (Å²) < 4.78 is 0. The Morgan fingerprint density at radius 3 is 2.39 bits per heavy atom. The molecule has 0 bridgehead atoms. The van der Waals surface area contributed by atoms with E-state index in [1.165, 1.54) is 4.90 Å². The van der Waals surface area contributed by atoms with Crippen molar-refractivity contribution in [2.45, 2.75) is 38.3 Å². The topological polar surface area (TPSA) is 104 Å². The minimum atomic E-state index is -0.913. The first-order valence-electron chi connectivity index (χ1n) is 5.87. The lowest BCUT2D eigenvalue weighted by atomic mass is 10.2. The highest BCUT2D eigenvalue weighted by Crippen LogP contribution is 2.15. The Labute approximate surface area is 112 Å². The molecule has 0 aromatic carbocycles. The molecule has 6 nitrogen and oxygen atoms in total. The molecule has 0 unspecified atom stereocenters. The maximum atomic E-state index is 10.3. The van der Waals surface area contributed by atoms with Gasteiger partial charge in [-0.05, 0) is 38.2 Å². The van der Waals surface area contributed by atoms with Crippen LogP contribution in [-0.4, -0.2) is 57.8 Å². The maximum Gasteiger partial charge on any atom is 0.407 e. The first-order chi connectivity index (χ1) is 8.40. The van der Waals surface area contributed by atoms with Crippen LogP contribution in [0, 0.1) is 0 Å². The van der Waals surface area contributed by atoms with Crippen LogP contribution in [0.4, 0.5) is 4.79 Å². The van der Waals surface area contributed by atoms with E-state index in [1.54, 1.807) is 11.8 Å². The Bertz CT molecular complexity index is 276. The molecule has 1 amide bonds. The van der Waals surface area contributed by atoms with E-state index in [1.807, 2.05) is 13.2 Å². The molecule has 1 aliphatic rings. The van der Waals surface area contributed by atoms with Crippen LogP contribution in [0.2, 0.25) is 0 Å². The fourth-order valence-corrected chi connectivity index (χ4v) is 2.08. The van der Waals surface area contributed by atoms with Gasteiger partial charge in [0, 0.05) is 12.6 Å². The number of rotatable bonds is 4. The van der Waals surface area contributed by atoms with E-state index in [2.05, 4.69) is 0 Å². The quantitative estimate of drug-likeness (QED) is 0.716. The molecule has 1 aliphatic heterocycles. The second-order valence-corrected chi connectivity index (χ2v) is 5.18. The van der Waals surface area contributed by atoms with Crippen molar-refractivity contribution >= 4 is 23.8 Å². The zero-order valence-electron chi connectivity index (χ0n) is 10.8. The van der Waals surface area contributed by atoms with E-state index in [-0.39, 0.29) is 6.04 Å². The number of likely N-dealkylation sites (tertiary alicyclic amines) is 1. The molecule has 0 radical (unpaired) electrons. The van der Waals surface area contributed by atoms with Crippen LogP contribution in [0.25, 0.3) is 0 Å². The van der Waals surface area contributed by atoms with Gasteiger partial charge in [0.25, 0.3) is 0 Å². The van der Waals surface area contributed by atoms with Crippen LogP contribution in [0.3, 0.4) is 0 Å². The molecule has 0 spiro atoms. The van der Waals surface area contributed by atoms with Gasteiger partial charge in [0.05, 0.1) is 0 Å². The molecule has 0 aliphatic carbocycles. The van der Waals surface area contributed by atoms with Crippen molar-refractivity contribution in [2.75, 3.05) is 18.6 Å². The van der Waals surface area contributed by atoms with Crippen molar-refractivity contribution in [1.82, 2.24) is 4.90 Å². The minimum absolute atomic E-state index is 0.238. The number of hydrogen-bond acceptors (Lipinski definition) is 4. The van der Waals surface area contributed by atoms with Crippen molar-refractivity contribution in [3.05, 3.63) is 0 Å². The Morgan fingerprint density at radius 1 is 1.50 bits per heavy atom. The number of nitrogens with two attached hydrogens (primary N) is 1. The molecule has 1 rings (SSSR count). The highest BCUT2D eigenvalue weighted by atomic mass is 32.2. The third-order valence-electron chi connectivity index (χ3n) is 2.75. The summed E-state index contributed by atoms with van der Waals surface area (Å²) >= 11 is 1.60. The number of carbonyl (C=O) groups is 2. The average Bonchev–Trinajstić information content (AvgIpc) is 2.73. The lowest BCUT2D eigenvalue weighted by molar-refractivity contribution is -0.138. The summed E-state index contributed by atoms with van der Waals surface area (Å²) in [5.74, 6) is -0.1000. The molecule has 1 fully saturated rings. The van der Waals surface area contributed by atoms with E-state index in [4.69, 9.17) is 15.9 Å². The number of carboxylic acid groups (broad SMARTS) is 2. The van der Waals surface area contributed by atoms with Gasteiger partial charge in [-0.25, -0.2) is 4.79 Å². The Hall–Kier alpha value is -0.950. The molecule has 106 valence electrons. The molecule has 7 heteroatoms. The van der Waals surface area contributed by atoms with E-state index in [0.29, 0.717) is 6.42 Å². The molecular weight excluding hydrogens is 256 g/mol. The summed E-state index contributed by atoms with van der Waals surface area (Å²) in [7, 11) is 0. The lowest BCUT2D eigenvalue weighted by Crippen LogP contribution is -2.31. The number of nitrogens with zero attached hydrogens (tertiary/aromatic N) is 1. The summed E-state index contributed by atoms with van der Waals surface area (Å²) in [4.78, 5) is 21.9. The van der Waals surface area contributed by atoms with Gasteiger partial charge < -0.3 is 20.8 Å². The smallest absolute Gasteiger partial charge is 0.407 e. The fraction of sp³-hybridized carbons (Fsp3) is 0.818. The number of amides is 1. The van der Waals surface area contributed by atoms with Crippen LogP contribution in [0.1, 0.15) is 26.2 Å². The van der Waals surface area contributed by atoms with E-state index < -0.39 is 18.1 Å². The van der Waals surface area contributed by atoms with Crippen LogP contribution >= 0.6 is 11.8 Å². The van der Waals surface area contributed by atoms with Crippen molar-refractivity contribution < 1.29 is 19.8 Å². The van der Waals surface area contributed by atoms with E-state index in [9.17, 15) is 9.59 Å². The molecule has 2 atom stereocenters. The Morgan fingerprint density at radius 2 is 2.11 bits per heavy atom. The van der Waals surface area contributed by atoms with Gasteiger partial charge in [0.2, 0.25) is 0 Å². The lowest BCUT2D eigenvalue weighted by Gasteiger charge is -2.16. The van der Waals surface area contributed by atoms with Crippen LogP contribution < -0.4 is 5.73 Å². The molecule has 18 heavy (non-hydrogen) atoms. The van der Waals surface area contributed by atoms with Gasteiger partial charge in [-0.1, -0.05) is 0 Å². The molecule has 0 aromatic heterocycles. The van der Waals surface area contributed by atoms with Gasteiger partial charge in [0.1, 0.15) is 6.04 Å². The molecular formula is C11H22N2O4S. The standard InChI is InChI=1S/C6H11NO2.C5H11NO2S/c1-5-3-2-4-7(5)6(8)9;1-9-3-2-4(6)5(7)8/h5H,2-4H2,1H3,(H,8,9);4H,2-3,6H2,1H3,(H,7,8)/t5-;4-/m10/s1. The van der Waals surface area contributed by atoms with Gasteiger partial charge in [-0.3, -0.25) is 4.79 Å². The third-order valence-corrected chi connectivity index (χ3v) is 3.39. The predicted octanol–water partition coefficient (Wildman–Crippen LogP) is 1.30. The molecule has 0 aromatic rings. The monoisotopic (exact) mass is 278 g/mol. The molecule has 4 N–H and O–H groups in total. The second-order valence-electron chi connectivity index (χ2n) is 4.19. The van der Waals surface area contributed by atoms with Crippen LogP contribution in [0.5, 0.6) is 0 Å². The highest BCUT2D eigenvalue weighted by Gasteiger charge is 2.23. The summed E-state index contributed by atoms with van der Waals surface area (Å²) in [5.41, 5.74) is 5.19. The van der Waals surface area contributed by atoms with Crippen LogP contribution in [0.15, 0.2) is 0 Å². The predicted molar refractivity (Wildman–Crippen MR) is 72.0 cm³/mol. The molecule has 1 heterocycles. The molecule has 0 saturated carbocycles. The van der Waals surface area contributed by atoms with Gasteiger partial charge in [0.15, 0.2) is 0 Å². The second kappa shape index (κ2) is 9.04. The molecule has 1 saturated heterocycles. The van der Waals surface area contributed by atoms with Crippen molar-refractivity contribution in [3.8, 4) is 0 Å². The summed E-state index contributed by atoms with van der Waals surface area (Å²) in [5, 5.41) is 16.8. The number of aliphatic carboxylic acids is 1. The van der Waals surface area contributed by atoms with Gasteiger partial charge in [-0.2, -0.15) is 11.8 Å².